The first-order valence-corrected chi connectivity index (χ1v) is 7.02. The lowest BCUT2D eigenvalue weighted by Crippen LogP contribution is -2.27. The van der Waals surface area contributed by atoms with Crippen molar-refractivity contribution in [2.45, 2.75) is 26.2 Å². The van der Waals surface area contributed by atoms with Gasteiger partial charge in [0.05, 0.1) is 0 Å². The summed E-state index contributed by atoms with van der Waals surface area (Å²) in [7, 11) is -0.610. The summed E-state index contributed by atoms with van der Waals surface area (Å²) in [5.41, 5.74) is 0. The Morgan fingerprint density at radius 3 is 3.00 bits per heavy atom. The van der Waals surface area contributed by atoms with Gasteiger partial charge in [-0.05, 0) is 31.7 Å². The Morgan fingerprint density at radius 1 is 1.50 bits per heavy atom. The van der Waals surface area contributed by atoms with Gasteiger partial charge in [0.2, 0.25) is 0 Å². The smallest absolute Gasteiger partial charge is 0.0359 e. The van der Waals surface area contributed by atoms with Crippen LogP contribution in [0.15, 0.2) is 12.2 Å². The van der Waals surface area contributed by atoms with Crippen LogP contribution in [-0.4, -0.2) is 28.8 Å². The molecule has 0 spiro atoms. The normalized spacial score (nSPS) is 23.6. The fourth-order valence-electron chi connectivity index (χ4n) is 1.68. The van der Waals surface area contributed by atoms with Crippen LogP contribution in [0.5, 0.6) is 0 Å². The first kappa shape index (κ1) is 11.9. The minimum Gasteiger partial charge on any atom is -0.316 e. The molecule has 0 saturated heterocycles. The van der Waals surface area contributed by atoms with E-state index in [1.807, 2.05) is 6.92 Å². The fourth-order valence-corrected chi connectivity index (χ4v) is 2.34. The molecular formula is C11H21NOS. The van der Waals surface area contributed by atoms with Crippen LogP contribution < -0.4 is 5.32 Å². The second kappa shape index (κ2) is 7.18. The van der Waals surface area contributed by atoms with Crippen molar-refractivity contribution in [1.29, 1.82) is 0 Å². The molecule has 1 rings (SSSR count). The second-order valence-corrected chi connectivity index (χ2v) is 5.65. The van der Waals surface area contributed by atoms with E-state index in [1.165, 1.54) is 19.3 Å². The van der Waals surface area contributed by atoms with Crippen molar-refractivity contribution in [2.75, 3.05) is 24.6 Å². The summed E-state index contributed by atoms with van der Waals surface area (Å²) in [6.07, 6.45) is 8.29. The van der Waals surface area contributed by atoms with Gasteiger partial charge in [0.25, 0.3) is 0 Å². The zero-order chi connectivity index (χ0) is 10.2. The standard InChI is InChI=1S/C11H21NOS/c1-2-14(13)9-8-12-10-11-6-4-3-5-7-11/h3-4,11-12H,2,5-10H2,1H3. The average molecular weight is 215 g/mol. The number of allylic oxidation sites excluding steroid dienone is 2. The monoisotopic (exact) mass is 215 g/mol. The number of nitrogens with one attached hydrogen (secondary N) is 1. The zero-order valence-corrected chi connectivity index (χ0v) is 9.81. The zero-order valence-electron chi connectivity index (χ0n) is 9.00. The molecule has 0 fully saturated rings. The van der Waals surface area contributed by atoms with E-state index in [0.29, 0.717) is 0 Å². The van der Waals surface area contributed by atoms with E-state index in [9.17, 15) is 4.21 Å². The van der Waals surface area contributed by atoms with Gasteiger partial charge in [0, 0.05) is 28.9 Å². The summed E-state index contributed by atoms with van der Waals surface area (Å²) in [5.74, 6) is 2.39. The maximum Gasteiger partial charge on any atom is 0.0359 e. The molecule has 1 aliphatic carbocycles. The minimum atomic E-state index is -0.610. The highest BCUT2D eigenvalue weighted by Crippen LogP contribution is 2.16. The molecule has 0 aliphatic heterocycles. The minimum absolute atomic E-state index is 0.610. The summed E-state index contributed by atoms with van der Waals surface area (Å²) in [6.45, 7) is 3.97. The van der Waals surface area contributed by atoms with E-state index in [2.05, 4.69) is 17.5 Å². The Balaban J connectivity index is 1.98. The highest BCUT2D eigenvalue weighted by molar-refractivity contribution is 7.84. The maximum absolute atomic E-state index is 11.1. The van der Waals surface area contributed by atoms with Crippen molar-refractivity contribution in [2.24, 2.45) is 5.92 Å². The van der Waals surface area contributed by atoms with Gasteiger partial charge in [0.15, 0.2) is 0 Å². The molecule has 1 aliphatic rings. The third kappa shape index (κ3) is 4.91. The summed E-state index contributed by atoms with van der Waals surface area (Å²) in [6, 6.07) is 0. The van der Waals surface area contributed by atoms with Gasteiger partial charge >= 0.3 is 0 Å². The van der Waals surface area contributed by atoms with Crippen LogP contribution in [0.4, 0.5) is 0 Å². The molecule has 0 saturated carbocycles. The predicted octanol–water partition coefficient (Wildman–Crippen LogP) is 1.70. The Labute approximate surface area is 89.6 Å². The number of rotatable bonds is 6. The SMILES string of the molecule is CCS(=O)CCNCC1CC=CCC1. The van der Waals surface area contributed by atoms with Gasteiger partial charge in [-0.2, -0.15) is 0 Å². The van der Waals surface area contributed by atoms with Crippen molar-refractivity contribution < 1.29 is 4.21 Å². The first-order valence-electron chi connectivity index (χ1n) is 5.53. The van der Waals surface area contributed by atoms with Gasteiger partial charge in [-0.15, -0.1) is 0 Å². The maximum atomic E-state index is 11.1. The molecule has 0 bridgehead atoms. The van der Waals surface area contributed by atoms with Crippen molar-refractivity contribution in [3.05, 3.63) is 12.2 Å². The molecule has 2 nitrogen and oxygen atoms in total. The highest BCUT2D eigenvalue weighted by Gasteiger charge is 2.08. The average Bonchev–Trinajstić information content (AvgIpc) is 2.25. The lowest BCUT2D eigenvalue weighted by atomic mass is 9.94. The molecule has 0 heterocycles. The van der Waals surface area contributed by atoms with E-state index in [1.54, 1.807) is 0 Å². The van der Waals surface area contributed by atoms with Crippen molar-refractivity contribution in [3.8, 4) is 0 Å². The van der Waals surface area contributed by atoms with Gasteiger partial charge in [-0.25, -0.2) is 0 Å². The largest absolute Gasteiger partial charge is 0.316 e. The summed E-state index contributed by atoms with van der Waals surface area (Å²) < 4.78 is 11.1. The molecule has 2 atom stereocenters. The third-order valence-electron chi connectivity index (χ3n) is 2.64. The van der Waals surface area contributed by atoms with E-state index >= 15 is 0 Å². The van der Waals surface area contributed by atoms with Crippen LogP contribution >= 0.6 is 0 Å². The van der Waals surface area contributed by atoms with Crippen LogP contribution in [0, 0.1) is 5.92 Å². The fraction of sp³-hybridized carbons (Fsp3) is 0.818. The Bertz CT molecular complexity index is 203. The molecule has 82 valence electrons. The van der Waals surface area contributed by atoms with E-state index in [-0.39, 0.29) is 0 Å². The summed E-state index contributed by atoms with van der Waals surface area (Å²) in [4.78, 5) is 0. The molecule has 0 aromatic carbocycles. The van der Waals surface area contributed by atoms with Crippen molar-refractivity contribution in [3.63, 3.8) is 0 Å². The van der Waals surface area contributed by atoms with E-state index in [0.717, 1.165) is 30.5 Å². The molecule has 0 radical (unpaired) electrons. The van der Waals surface area contributed by atoms with Crippen LogP contribution in [-0.2, 0) is 10.8 Å². The molecular weight excluding hydrogens is 194 g/mol. The first-order chi connectivity index (χ1) is 6.83. The molecule has 2 unspecified atom stereocenters. The third-order valence-corrected chi connectivity index (χ3v) is 3.94. The Kier molecular flexibility index (Phi) is 6.12. The van der Waals surface area contributed by atoms with Crippen LogP contribution in [0.3, 0.4) is 0 Å². The quantitative estimate of drug-likeness (QED) is 0.540. The molecule has 14 heavy (non-hydrogen) atoms. The van der Waals surface area contributed by atoms with E-state index < -0.39 is 10.8 Å². The Hall–Kier alpha value is -0.150. The summed E-state index contributed by atoms with van der Waals surface area (Å²) >= 11 is 0. The summed E-state index contributed by atoms with van der Waals surface area (Å²) in [5, 5.41) is 3.39. The predicted molar refractivity (Wildman–Crippen MR) is 62.9 cm³/mol. The van der Waals surface area contributed by atoms with Crippen LogP contribution in [0.1, 0.15) is 26.2 Å². The van der Waals surface area contributed by atoms with Gasteiger partial charge in [-0.1, -0.05) is 19.1 Å². The second-order valence-electron chi connectivity index (χ2n) is 3.79. The topological polar surface area (TPSA) is 29.1 Å². The van der Waals surface area contributed by atoms with Crippen LogP contribution in [0.2, 0.25) is 0 Å². The van der Waals surface area contributed by atoms with Crippen molar-refractivity contribution in [1.82, 2.24) is 5.32 Å². The van der Waals surface area contributed by atoms with E-state index in [4.69, 9.17) is 0 Å². The Morgan fingerprint density at radius 2 is 2.36 bits per heavy atom. The van der Waals surface area contributed by atoms with Crippen LogP contribution in [0.25, 0.3) is 0 Å². The van der Waals surface area contributed by atoms with Gasteiger partial charge in [-0.3, -0.25) is 4.21 Å². The van der Waals surface area contributed by atoms with Crippen molar-refractivity contribution >= 4 is 10.8 Å². The molecule has 0 aromatic heterocycles. The highest BCUT2D eigenvalue weighted by atomic mass is 32.2. The van der Waals surface area contributed by atoms with Gasteiger partial charge < -0.3 is 5.32 Å². The van der Waals surface area contributed by atoms with Gasteiger partial charge in [0.1, 0.15) is 0 Å². The lowest BCUT2D eigenvalue weighted by molar-refractivity contribution is 0.447. The lowest BCUT2D eigenvalue weighted by Gasteiger charge is -2.17. The molecule has 1 N–H and O–H groups in total. The molecule has 0 amide bonds. The molecule has 3 heteroatoms. The molecule has 0 aromatic rings. The number of hydrogen-bond donors (Lipinski definition) is 1. The number of hydrogen-bond acceptors (Lipinski definition) is 2.